The summed E-state index contributed by atoms with van der Waals surface area (Å²) in [5.74, 6) is 0.216. The van der Waals surface area contributed by atoms with Crippen molar-refractivity contribution in [1.29, 1.82) is 5.26 Å². The fourth-order valence-electron chi connectivity index (χ4n) is 1.43. The van der Waals surface area contributed by atoms with Gasteiger partial charge in [-0.1, -0.05) is 25.4 Å². The van der Waals surface area contributed by atoms with Crippen LogP contribution in [0.1, 0.15) is 13.8 Å². The molecule has 0 bridgehead atoms. The zero-order chi connectivity index (χ0) is 13.0. The molecule has 0 aliphatic heterocycles. The van der Waals surface area contributed by atoms with Crippen molar-refractivity contribution < 1.29 is 4.92 Å². The second kappa shape index (κ2) is 5.51. The number of nitro benzene ring substituents is 1. The second-order valence-corrected chi connectivity index (χ2v) is 4.43. The Morgan fingerprint density at radius 1 is 1.59 bits per heavy atom. The third-order valence-corrected chi connectivity index (χ3v) is 2.33. The highest BCUT2D eigenvalue weighted by atomic mass is 35.5. The van der Waals surface area contributed by atoms with Gasteiger partial charge in [0.25, 0.3) is 5.69 Å². The van der Waals surface area contributed by atoms with Gasteiger partial charge in [-0.2, -0.15) is 5.26 Å². The van der Waals surface area contributed by atoms with Gasteiger partial charge in [0.2, 0.25) is 0 Å². The third-order valence-electron chi connectivity index (χ3n) is 2.09. The minimum absolute atomic E-state index is 0.114. The van der Waals surface area contributed by atoms with Crippen LogP contribution in [0.5, 0.6) is 0 Å². The molecule has 0 atom stereocenters. The topological polar surface area (TPSA) is 70.2 Å². The number of nitriles is 1. The Balaban J connectivity index is 3.22. The summed E-state index contributed by atoms with van der Waals surface area (Å²) >= 11 is 5.80. The van der Waals surface area contributed by atoms with E-state index in [9.17, 15) is 10.1 Å². The van der Waals surface area contributed by atoms with Gasteiger partial charge in [-0.3, -0.25) is 15.0 Å². The maximum absolute atomic E-state index is 10.9. The first kappa shape index (κ1) is 13.3. The van der Waals surface area contributed by atoms with Crippen LogP contribution in [-0.4, -0.2) is 11.5 Å². The van der Waals surface area contributed by atoms with E-state index in [4.69, 9.17) is 16.9 Å². The number of nitrogens with zero attached hydrogens (tertiary/aromatic N) is 3. The van der Waals surface area contributed by atoms with Gasteiger partial charge in [0.05, 0.1) is 4.92 Å². The van der Waals surface area contributed by atoms with Crippen molar-refractivity contribution in [2.75, 3.05) is 11.4 Å². The zero-order valence-electron chi connectivity index (χ0n) is 9.55. The quantitative estimate of drug-likeness (QED) is 0.358. The molecule has 0 aliphatic carbocycles. The molecule has 1 aromatic rings. The summed E-state index contributed by atoms with van der Waals surface area (Å²) in [7, 11) is 0. The molecule has 0 fully saturated rings. The summed E-state index contributed by atoms with van der Waals surface area (Å²) in [5.41, 5.74) is 0.121. The predicted molar refractivity (Wildman–Crippen MR) is 65.9 cm³/mol. The molecule has 5 nitrogen and oxygen atoms in total. The van der Waals surface area contributed by atoms with E-state index in [1.807, 2.05) is 20.0 Å². The largest absolute Gasteiger partial charge is 0.293 e. The SMILES string of the molecule is CC(C)CN(C#N)c1cc(Cl)ccc1[N+](=O)[O-]. The Labute approximate surface area is 104 Å². The van der Waals surface area contributed by atoms with E-state index >= 15 is 0 Å². The summed E-state index contributed by atoms with van der Waals surface area (Å²) in [6, 6.07) is 4.18. The number of hydrogen-bond donors (Lipinski definition) is 0. The lowest BCUT2D eigenvalue weighted by atomic mass is 10.2. The van der Waals surface area contributed by atoms with Crippen molar-refractivity contribution in [1.82, 2.24) is 0 Å². The maximum atomic E-state index is 10.9. The van der Waals surface area contributed by atoms with Gasteiger partial charge in [0.1, 0.15) is 5.69 Å². The predicted octanol–water partition coefficient (Wildman–Crippen LogP) is 3.19. The minimum Gasteiger partial charge on any atom is -0.273 e. The molecule has 1 aromatic carbocycles. The highest BCUT2D eigenvalue weighted by Gasteiger charge is 2.20. The normalized spacial score (nSPS) is 10.1. The standard InChI is InChI=1S/C11H12ClN3O2/c1-8(2)6-14(7-13)11-5-9(12)3-4-10(11)15(16)17/h3-5,8H,6H2,1-2H3. The van der Waals surface area contributed by atoms with Gasteiger partial charge >= 0.3 is 0 Å². The molecule has 17 heavy (non-hydrogen) atoms. The van der Waals surface area contributed by atoms with Crippen molar-refractivity contribution >= 4 is 23.0 Å². The number of nitro groups is 1. The van der Waals surface area contributed by atoms with Crippen LogP contribution in [-0.2, 0) is 0 Å². The molecule has 6 heteroatoms. The monoisotopic (exact) mass is 253 g/mol. The summed E-state index contributed by atoms with van der Waals surface area (Å²) in [4.78, 5) is 11.6. The van der Waals surface area contributed by atoms with E-state index in [1.165, 1.54) is 23.1 Å². The number of rotatable bonds is 4. The Bertz CT molecular complexity index is 468. The first-order chi connectivity index (χ1) is 7.95. The Kier molecular flexibility index (Phi) is 4.30. The van der Waals surface area contributed by atoms with Crippen LogP contribution >= 0.6 is 11.6 Å². The van der Waals surface area contributed by atoms with Crippen LogP contribution in [0.2, 0.25) is 5.02 Å². The number of benzene rings is 1. The Morgan fingerprint density at radius 2 is 2.24 bits per heavy atom. The van der Waals surface area contributed by atoms with Crippen molar-refractivity contribution in [2.24, 2.45) is 5.92 Å². The molecule has 0 saturated carbocycles. The van der Waals surface area contributed by atoms with Crippen LogP contribution in [0.4, 0.5) is 11.4 Å². The average Bonchev–Trinajstić information content (AvgIpc) is 2.25. The highest BCUT2D eigenvalue weighted by molar-refractivity contribution is 6.31. The first-order valence-corrected chi connectivity index (χ1v) is 5.44. The average molecular weight is 254 g/mol. The number of hydrogen-bond acceptors (Lipinski definition) is 4. The van der Waals surface area contributed by atoms with Crippen LogP contribution in [0.3, 0.4) is 0 Å². The zero-order valence-corrected chi connectivity index (χ0v) is 10.3. The van der Waals surface area contributed by atoms with Gasteiger partial charge < -0.3 is 0 Å². The molecular formula is C11H12ClN3O2. The second-order valence-electron chi connectivity index (χ2n) is 3.99. The fourth-order valence-corrected chi connectivity index (χ4v) is 1.59. The molecule has 0 radical (unpaired) electrons. The van der Waals surface area contributed by atoms with E-state index in [0.717, 1.165) is 0 Å². The molecule has 0 unspecified atom stereocenters. The lowest BCUT2D eigenvalue weighted by Crippen LogP contribution is -2.22. The van der Waals surface area contributed by atoms with Gasteiger partial charge in [-0.05, 0) is 18.1 Å². The Hall–Kier alpha value is -1.80. The van der Waals surface area contributed by atoms with Crippen molar-refractivity contribution in [2.45, 2.75) is 13.8 Å². The maximum Gasteiger partial charge on any atom is 0.293 e. The van der Waals surface area contributed by atoms with Crippen LogP contribution in [0.15, 0.2) is 18.2 Å². The lowest BCUT2D eigenvalue weighted by molar-refractivity contribution is -0.384. The van der Waals surface area contributed by atoms with Crippen molar-refractivity contribution in [3.63, 3.8) is 0 Å². The van der Waals surface area contributed by atoms with Gasteiger partial charge in [0.15, 0.2) is 6.19 Å². The Morgan fingerprint density at radius 3 is 2.71 bits per heavy atom. The minimum atomic E-state index is -0.518. The lowest BCUT2D eigenvalue weighted by Gasteiger charge is -2.17. The van der Waals surface area contributed by atoms with Crippen LogP contribution < -0.4 is 4.90 Å². The molecule has 0 spiro atoms. The summed E-state index contributed by atoms with van der Waals surface area (Å²) in [6.07, 6.45) is 1.94. The first-order valence-electron chi connectivity index (χ1n) is 5.07. The number of halogens is 1. The molecule has 0 saturated heterocycles. The van der Waals surface area contributed by atoms with Crippen LogP contribution in [0.25, 0.3) is 0 Å². The molecular weight excluding hydrogens is 242 g/mol. The molecule has 0 aromatic heterocycles. The van der Waals surface area contributed by atoms with Crippen molar-refractivity contribution in [3.8, 4) is 6.19 Å². The van der Waals surface area contributed by atoms with Gasteiger partial charge in [0, 0.05) is 17.6 Å². The molecule has 0 aliphatic rings. The molecule has 90 valence electrons. The van der Waals surface area contributed by atoms with Crippen LogP contribution in [0, 0.1) is 27.5 Å². The molecule has 1 rings (SSSR count). The number of anilines is 1. The van der Waals surface area contributed by atoms with Gasteiger partial charge in [-0.25, -0.2) is 0 Å². The highest BCUT2D eigenvalue weighted by Crippen LogP contribution is 2.31. The summed E-state index contributed by atoms with van der Waals surface area (Å²) < 4.78 is 0. The van der Waals surface area contributed by atoms with Crippen molar-refractivity contribution in [3.05, 3.63) is 33.3 Å². The van der Waals surface area contributed by atoms with E-state index in [2.05, 4.69) is 0 Å². The van der Waals surface area contributed by atoms with Gasteiger partial charge in [-0.15, -0.1) is 0 Å². The van der Waals surface area contributed by atoms with E-state index in [0.29, 0.717) is 11.6 Å². The third kappa shape index (κ3) is 3.33. The summed E-state index contributed by atoms with van der Waals surface area (Å²) in [6.45, 7) is 4.28. The smallest absolute Gasteiger partial charge is 0.273 e. The summed E-state index contributed by atoms with van der Waals surface area (Å²) in [5, 5.41) is 20.3. The van der Waals surface area contributed by atoms with E-state index in [1.54, 1.807) is 0 Å². The molecule has 0 heterocycles. The fraction of sp³-hybridized carbons (Fsp3) is 0.364. The van der Waals surface area contributed by atoms with E-state index < -0.39 is 4.92 Å². The molecule has 0 amide bonds. The molecule has 0 N–H and O–H groups in total. The van der Waals surface area contributed by atoms with E-state index in [-0.39, 0.29) is 17.3 Å².